The van der Waals surface area contributed by atoms with Crippen molar-refractivity contribution in [3.05, 3.63) is 42.5 Å². The van der Waals surface area contributed by atoms with Crippen LogP contribution >= 0.6 is 0 Å². The van der Waals surface area contributed by atoms with Gasteiger partial charge in [-0.1, -0.05) is 0 Å². The molecule has 0 amide bonds. The molecule has 0 aliphatic heterocycles. The number of esters is 1. The summed E-state index contributed by atoms with van der Waals surface area (Å²) in [4.78, 5) is 15.4. The molecule has 5 nitrogen and oxygen atoms in total. The summed E-state index contributed by atoms with van der Waals surface area (Å²) >= 11 is 0. The molecule has 0 spiro atoms. The Morgan fingerprint density at radius 1 is 1.37 bits per heavy atom. The fraction of sp³-hybridized carbons (Fsp3) is 0.214. The van der Waals surface area contributed by atoms with E-state index in [2.05, 4.69) is 10.1 Å². The Hall–Kier alpha value is -2.43. The number of rotatable bonds is 4. The minimum Gasteiger partial charge on any atom is -0.463 e. The van der Waals surface area contributed by atoms with Gasteiger partial charge in [0.25, 0.3) is 0 Å². The molecule has 0 unspecified atom stereocenters. The average molecular weight is 257 g/mol. The zero-order valence-electron chi connectivity index (χ0n) is 10.9. The van der Waals surface area contributed by atoms with Gasteiger partial charge in [0.05, 0.1) is 12.8 Å². The van der Waals surface area contributed by atoms with E-state index in [1.165, 1.54) is 6.08 Å². The Labute approximate surface area is 111 Å². The van der Waals surface area contributed by atoms with Crippen LogP contribution in [0.3, 0.4) is 0 Å². The van der Waals surface area contributed by atoms with E-state index >= 15 is 0 Å². The maximum atomic E-state index is 11.2. The van der Waals surface area contributed by atoms with E-state index in [0.29, 0.717) is 6.61 Å². The zero-order valence-corrected chi connectivity index (χ0v) is 10.9. The van der Waals surface area contributed by atoms with E-state index in [-0.39, 0.29) is 5.97 Å². The van der Waals surface area contributed by atoms with Crippen LogP contribution in [0.2, 0.25) is 0 Å². The number of carbonyl (C=O) groups excluding carboxylic acids is 1. The maximum Gasteiger partial charge on any atom is 0.330 e. The molecule has 0 bridgehead atoms. The summed E-state index contributed by atoms with van der Waals surface area (Å²) < 4.78 is 6.55. The Balaban J connectivity index is 2.18. The van der Waals surface area contributed by atoms with Gasteiger partial charge in [0, 0.05) is 42.8 Å². The van der Waals surface area contributed by atoms with E-state index in [0.717, 1.165) is 16.7 Å². The highest BCUT2D eigenvalue weighted by Gasteiger charge is 2.01. The molecule has 0 aliphatic rings. The van der Waals surface area contributed by atoms with Gasteiger partial charge in [-0.3, -0.25) is 9.67 Å². The normalized spacial score (nSPS) is 10.8. The summed E-state index contributed by atoms with van der Waals surface area (Å²) in [6.07, 6.45) is 10.2. The molecule has 2 heterocycles. The first-order valence-corrected chi connectivity index (χ1v) is 5.98. The SMILES string of the molecule is CCOC(=O)/C=C/c1cncc(-c2cnn(C)c2)c1. The lowest BCUT2D eigenvalue weighted by Gasteiger charge is -1.99. The van der Waals surface area contributed by atoms with Gasteiger partial charge in [-0.25, -0.2) is 4.79 Å². The van der Waals surface area contributed by atoms with Gasteiger partial charge >= 0.3 is 5.97 Å². The lowest BCUT2D eigenvalue weighted by atomic mass is 10.1. The molecule has 0 N–H and O–H groups in total. The van der Waals surface area contributed by atoms with Crippen LogP contribution in [-0.4, -0.2) is 27.3 Å². The van der Waals surface area contributed by atoms with E-state index in [1.54, 1.807) is 36.3 Å². The summed E-state index contributed by atoms with van der Waals surface area (Å²) in [5.41, 5.74) is 2.79. The van der Waals surface area contributed by atoms with E-state index in [1.807, 2.05) is 19.3 Å². The summed E-state index contributed by atoms with van der Waals surface area (Å²) in [6.45, 7) is 2.15. The molecule has 0 fully saturated rings. The van der Waals surface area contributed by atoms with Crippen LogP contribution in [0.15, 0.2) is 36.9 Å². The predicted octanol–water partition coefficient (Wildman–Crippen LogP) is 2.06. The van der Waals surface area contributed by atoms with Gasteiger partial charge < -0.3 is 4.74 Å². The number of hydrogen-bond acceptors (Lipinski definition) is 4. The second-order valence-corrected chi connectivity index (χ2v) is 4.00. The second kappa shape index (κ2) is 5.95. The second-order valence-electron chi connectivity index (χ2n) is 4.00. The fourth-order valence-electron chi connectivity index (χ4n) is 1.63. The highest BCUT2D eigenvalue weighted by atomic mass is 16.5. The molecular weight excluding hydrogens is 242 g/mol. The van der Waals surface area contributed by atoms with Crippen molar-refractivity contribution < 1.29 is 9.53 Å². The fourth-order valence-corrected chi connectivity index (χ4v) is 1.63. The smallest absolute Gasteiger partial charge is 0.330 e. The Morgan fingerprint density at radius 3 is 2.89 bits per heavy atom. The monoisotopic (exact) mass is 257 g/mol. The minimum absolute atomic E-state index is 0.353. The third-order valence-electron chi connectivity index (χ3n) is 2.50. The molecule has 2 rings (SSSR count). The largest absolute Gasteiger partial charge is 0.463 e. The first-order chi connectivity index (χ1) is 9.19. The van der Waals surface area contributed by atoms with Crippen molar-refractivity contribution >= 4 is 12.0 Å². The Bertz CT molecular complexity index is 602. The molecule has 0 atom stereocenters. The quantitative estimate of drug-likeness (QED) is 0.621. The maximum absolute atomic E-state index is 11.2. The van der Waals surface area contributed by atoms with Crippen molar-refractivity contribution in [2.24, 2.45) is 7.05 Å². The number of aromatic nitrogens is 3. The van der Waals surface area contributed by atoms with Gasteiger partial charge in [0.2, 0.25) is 0 Å². The van der Waals surface area contributed by atoms with Gasteiger partial charge in [-0.2, -0.15) is 5.10 Å². The Kier molecular flexibility index (Phi) is 4.07. The van der Waals surface area contributed by atoms with Gasteiger partial charge in [0.1, 0.15) is 0 Å². The third-order valence-corrected chi connectivity index (χ3v) is 2.50. The third kappa shape index (κ3) is 3.51. The highest BCUT2D eigenvalue weighted by Crippen LogP contribution is 2.18. The molecular formula is C14H15N3O2. The van der Waals surface area contributed by atoms with Crippen LogP contribution in [0.25, 0.3) is 17.2 Å². The first-order valence-electron chi connectivity index (χ1n) is 5.98. The van der Waals surface area contributed by atoms with Crippen molar-refractivity contribution in [1.29, 1.82) is 0 Å². The van der Waals surface area contributed by atoms with Crippen LogP contribution in [0.1, 0.15) is 12.5 Å². The van der Waals surface area contributed by atoms with Crippen LogP contribution in [0.5, 0.6) is 0 Å². The molecule has 0 radical (unpaired) electrons. The molecule has 0 saturated carbocycles. The number of ether oxygens (including phenoxy) is 1. The van der Waals surface area contributed by atoms with Gasteiger partial charge in [-0.15, -0.1) is 0 Å². The predicted molar refractivity (Wildman–Crippen MR) is 72.1 cm³/mol. The standard InChI is InChI=1S/C14H15N3O2/c1-3-19-14(18)5-4-11-6-12(8-15-7-11)13-9-16-17(2)10-13/h4-10H,3H2,1-2H3/b5-4+. The topological polar surface area (TPSA) is 57.0 Å². The average Bonchev–Trinajstić information content (AvgIpc) is 2.84. The Morgan fingerprint density at radius 2 is 2.21 bits per heavy atom. The molecule has 0 aromatic carbocycles. The van der Waals surface area contributed by atoms with Crippen LogP contribution in [-0.2, 0) is 16.6 Å². The first kappa shape index (κ1) is 13.0. The summed E-state index contributed by atoms with van der Waals surface area (Å²) in [6, 6.07) is 1.94. The molecule has 0 aliphatic carbocycles. The van der Waals surface area contributed by atoms with Crippen molar-refractivity contribution in [2.75, 3.05) is 6.61 Å². The van der Waals surface area contributed by atoms with E-state index in [4.69, 9.17) is 4.74 Å². The van der Waals surface area contributed by atoms with Crippen molar-refractivity contribution in [1.82, 2.24) is 14.8 Å². The van der Waals surface area contributed by atoms with Crippen LogP contribution in [0, 0.1) is 0 Å². The van der Waals surface area contributed by atoms with Crippen molar-refractivity contribution in [3.8, 4) is 11.1 Å². The molecule has 0 saturated heterocycles. The van der Waals surface area contributed by atoms with E-state index in [9.17, 15) is 4.79 Å². The lowest BCUT2D eigenvalue weighted by molar-refractivity contribution is -0.137. The van der Waals surface area contributed by atoms with Crippen molar-refractivity contribution in [3.63, 3.8) is 0 Å². The molecule has 5 heteroatoms. The molecule has 2 aromatic heterocycles. The lowest BCUT2D eigenvalue weighted by Crippen LogP contribution is -1.98. The number of nitrogens with zero attached hydrogens (tertiary/aromatic N) is 3. The van der Waals surface area contributed by atoms with Crippen LogP contribution < -0.4 is 0 Å². The number of pyridine rings is 1. The number of hydrogen-bond donors (Lipinski definition) is 0. The van der Waals surface area contributed by atoms with Gasteiger partial charge in [0.15, 0.2) is 0 Å². The minimum atomic E-state index is -0.353. The highest BCUT2D eigenvalue weighted by molar-refractivity contribution is 5.87. The van der Waals surface area contributed by atoms with E-state index < -0.39 is 0 Å². The van der Waals surface area contributed by atoms with Crippen LogP contribution in [0.4, 0.5) is 0 Å². The summed E-state index contributed by atoms with van der Waals surface area (Å²) in [5.74, 6) is -0.353. The molecule has 19 heavy (non-hydrogen) atoms. The number of carbonyl (C=O) groups is 1. The molecule has 2 aromatic rings. The van der Waals surface area contributed by atoms with Gasteiger partial charge in [-0.05, 0) is 24.6 Å². The zero-order chi connectivity index (χ0) is 13.7. The molecule has 98 valence electrons. The summed E-state index contributed by atoms with van der Waals surface area (Å²) in [5, 5.41) is 4.12. The number of aryl methyl sites for hydroxylation is 1. The summed E-state index contributed by atoms with van der Waals surface area (Å²) in [7, 11) is 1.86. The van der Waals surface area contributed by atoms with Crippen molar-refractivity contribution in [2.45, 2.75) is 6.92 Å².